The first kappa shape index (κ1) is 18.9. The van der Waals surface area contributed by atoms with Crippen LogP contribution in [-0.2, 0) is 17.1 Å². The fourth-order valence-electron chi connectivity index (χ4n) is 3.00. The van der Waals surface area contributed by atoms with Crippen molar-refractivity contribution in [2.75, 3.05) is 38.1 Å². The highest BCUT2D eigenvalue weighted by molar-refractivity contribution is 7.89. The monoisotopic (exact) mass is 388 g/mol. The van der Waals surface area contributed by atoms with Gasteiger partial charge in [-0.1, -0.05) is 0 Å². The Bertz CT molecular complexity index is 983. The van der Waals surface area contributed by atoms with E-state index in [0.29, 0.717) is 37.6 Å². The van der Waals surface area contributed by atoms with Gasteiger partial charge in [0, 0.05) is 46.5 Å². The summed E-state index contributed by atoms with van der Waals surface area (Å²) in [5.41, 5.74) is 1.49. The molecule has 9 nitrogen and oxygen atoms in total. The molecule has 1 amide bonds. The maximum absolute atomic E-state index is 12.9. The van der Waals surface area contributed by atoms with Crippen LogP contribution >= 0.6 is 0 Å². The summed E-state index contributed by atoms with van der Waals surface area (Å²) in [6.45, 7) is 1.68. The second-order valence-corrected chi connectivity index (χ2v) is 8.09. The Balaban J connectivity index is 1.73. The number of pyridine rings is 1. The van der Waals surface area contributed by atoms with E-state index in [9.17, 15) is 13.2 Å². The molecular weight excluding hydrogens is 368 g/mol. The van der Waals surface area contributed by atoms with Gasteiger partial charge >= 0.3 is 0 Å². The Morgan fingerprint density at radius 1 is 1.26 bits per heavy atom. The second kappa shape index (κ2) is 7.38. The molecule has 1 N–H and O–H groups in total. The van der Waals surface area contributed by atoms with Gasteiger partial charge in [-0.25, -0.2) is 13.4 Å². The number of carbonyl (C=O) groups is 1. The third-order valence-corrected chi connectivity index (χ3v) is 6.41. The number of anilines is 1. The molecule has 1 aliphatic heterocycles. The summed E-state index contributed by atoms with van der Waals surface area (Å²) in [4.78, 5) is 18.0. The zero-order valence-corrected chi connectivity index (χ0v) is 15.9. The molecule has 1 saturated heterocycles. The lowest BCUT2D eigenvalue weighted by Crippen LogP contribution is -2.48. The minimum atomic E-state index is -3.67. The molecule has 0 bridgehead atoms. The van der Waals surface area contributed by atoms with Crippen LogP contribution in [0.3, 0.4) is 0 Å². The average molecular weight is 388 g/mol. The normalized spacial score (nSPS) is 15.4. The van der Waals surface area contributed by atoms with Gasteiger partial charge < -0.3 is 14.8 Å². The number of hydrogen-bond acceptors (Lipinski definition) is 6. The number of piperazine rings is 1. The van der Waals surface area contributed by atoms with E-state index in [1.807, 2.05) is 17.0 Å². The SMILES string of the molecule is CNC(=O)c1cc(S(=O)(=O)N2CCN(c3ccc(C#N)nc3)CC2)cn1C. The van der Waals surface area contributed by atoms with Crippen molar-refractivity contribution < 1.29 is 13.2 Å². The molecule has 1 fully saturated rings. The third-order valence-electron chi connectivity index (χ3n) is 4.54. The van der Waals surface area contributed by atoms with Crippen LogP contribution in [0, 0.1) is 11.3 Å². The molecule has 2 aromatic rings. The van der Waals surface area contributed by atoms with E-state index < -0.39 is 10.0 Å². The summed E-state index contributed by atoms with van der Waals surface area (Å²) in [5.74, 6) is -0.336. The van der Waals surface area contributed by atoms with Crippen LogP contribution < -0.4 is 10.2 Å². The molecule has 142 valence electrons. The van der Waals surface area contributed by atoms with Crippen molar-refractivity contribution in [2.24, 2.45) is 7.05 Å². The highest BCUT2D eigenvalue weighted by Crippen LogP contribution is 2.22. The average Bonchev–Trinajstić information content (AvgIpc) is 3.10. The first-order valence-electron chi connectivity index (χ1n) is 8.36. The van der Waals surface area contributed by atoms with Gasteiger partial charge in [0.1, 0.15) is 22.4 Å². The summed E-state index contributed by atoms with van der Waals surface area (Å²) in [6, 6.07) is 6.82. The maximum Gasteiger partial charge on any atom is 0.267 e. The summed E-state index contributed by atoms with van der Waals surface area (Å²) < 4.78 is 28.7. The molecule has 1 aliphatic rings. The lowest BCUT2D eigenvalue weighted by atomic mass is 10.3. The predicted molar refractivity (Wildman–Crippen MR) is 98.7 cm³/mol. The second-order valence-electron chi connectivity index (χ2n) is 6.16. The van der Waals surface area contributed by atoms with E-state index in [1.165, 1.54) is 28.2 Å². The summed E-state index contributed by atoms with van der Waals surface area (Å²) in [5, 5.41) is 11.3. The highest BCUT2D eigenvalue weighted by atomic mass is 32.2. The summed E-state index contributed by atoms with van der Waals surface area (Å²) in [6.07, 6.45) is 3.08. The molecule has 0 aromatic carbocycles. The fourth-order valence-corrected chi connectivity index (χ4v) is 4.50. The van der Waals surface area contributed by atoms with Crippen molar-refractivity contribution >= 4 is 21.6 Å². The van der Waals surface area contributed by atoms with Crippen molar-refractivity contribution in [1.29, 1.82) is 5.26 Å². The number of nitrogens with zero attached hydrogens (tertiary/aromatic N) is 5. The van der Waals surface area contributed by atoms with Gasteiger partial charge in [-0.3, -0.25) is 4.79 Å². The lowest BCUT2D eigenvalue weighted by Gasteiger charge is -2.35. The van der Waals surface area contributed by atoms with E-state index in [2.05, 4.69) is 10.3 Å². The van der Waals surface area contributed by atoms with E-state index >= 15 is 0 Å². The number of nitrogens with one attached hydrogen (secondary N) is 1. The molecule has 0 aliphatic carbocycles. The topological polar surface area (TPSA) is 111 Å². The molecule has 2 aromatic heterocycles. The minimum Gasteiger partial charge on any atom is -0.368 e. The van der Waals surface area contributed by atoms with Crippen LogP contribution in [0.5, 0.6) is 0 Å². The van der Waals surface area contributed by atoms with E-state index in [0.717, 1.165) is 5.69 Å². The van der Waals surface area contributed by atoms with Gasteiger partial charge in [-0.15, -0.1) is 0 Å². The van der Waals surface area contributed by atoms with Gasteiger partial charge in [0.25, 0.3) is 5.91 Å². The molecule has 0 atom stereocenters. The van der Waals surface area contributed by atoms with Crippen LogP contribution in [0.1, 0.15) is 16.2 Å². The molecule has 0 saturated carbocycles. The minimum absolute atomic E-state index is 0.108. The van der Waals surface area contributed by atoms with Gasteiger partial charge in [0.2, 0.25) is 10.0 Å². The largest absolute Gasteiger partial charge is 0.368 e. The molecule has 0 radical (unpaired) electrons. The van der Waals surface area contributed by atoms with Crippen molar-refractivity contribution in [3.63, 3.8) is 0 Å². The fraction of sp³-hybridized carbons (Fsp3) is 0.353. The lowest BCUT2D eigenvalue weighted by molar-refractivity contribution is 0.0955. The maximum atomic E-state index is 12.9. The number of carbonyl (C=O) groups excluding carboxylic acids is 1. The van der Waals surface area contributed by atoms with E-state index in [4.69, 9.17) is 5.26 Å². The van der Waals surface area contributed by atoms with Crippen LogP contribution in [-0.4, -0.2) is 61.4 Å². The van der Waals surface area contributed by atoms with Gasteiger partial charge in [0.15, 0.2) is 0 Å². The number of rotatable bonds is 4. The van der Waals surface area contributed by atoms with Gasteiger partial charge in [0.05, 0.1) is 11.9 Å². The van der Waals surface area contributed by atoms with Crippen LogP contribution in [0.4, 0.5) is 5.69 Å². The standard InChI is InChI=1S/C17H20N6O3S/c1-19-17(24)16-9-15(12-21(16)2)27(25,26)23-7-5-22(6-8-23)14-4-3-13(10-18)20-11-14/h3-4,9,11-12H,5-8H2,1-2H3,(H,19,24). The first-order chi connectivity index (χ1) is 12.9. The number of nitriles is 1. The molecule has 3 rings (SSSR count). The molecule has 0 unspecified atom stereocenters. The number of sulfonamides is 1. The van der Waals surface area contributed by atoms with E-state index in [-0.39, 0.29) is 10.8 Å². The Kier molecular flexibility index (Phi) is 5.16. The van der Waals surface area contributed by atoms with Gasteiger partial charge in [-0.2, -0.15) is 9.57 Å². The third kappa shape index (κ3) is 3.65. The zero-order valence-electron chi connectivity index (χ0n) is 15.1. The first-order valence-corrected chi connectivity index (χ1v) is 9.80. The Labute approximate surface area is 157 Å². The van der Waals surface area contributed by atoms with E-state index in [1.54, 1.807) is 19.3 Å². The Hall–Kier alpha value is -2.90. The number of hydrogen-bond donors (Lipinski definition) is 1. The van der Waals surface area contributed by atoms with Crippen molar-refractivity contribution in [1.82, 2.24) is 19.2 Å². The zero-order chi connectivity index (χ0) is 19.6. The van der Waals surface area contributed by atoms with Crippen molar-refractivity contribution in [2.45, 2.75) is 4.90 Å². The smallest absolute Gasteiger partial charge is 0.267 e. The number of aromatic nitrogens is 2. The highest BCUT2D eigenvalue weighted by Gasteiger charge is 2.30. The Morgan fingerprint density at radius 2 is 1.96 bits per heavy atom. The van der Waals surface area contributed by atoms with Crippen LogP contribution in [0.15, 0.2) is 35.5 Å². The van der Waals surface area contributed by atoms with Crippen molar-refractivity contribution in [3.05, 3.63) is 42.0 Å². The molecular formula is C17H20N6O3S. The van der Waals surface area contributed by atoms with Crippen molar-refractivity contribution in [3.8, 4) is 6.07 Å². The number of aryl methyl sites for hydroxylation is 1. The summed E-state index contributed by atoms with van der Waals surface area (Å²) in [7, 11) is -0.536. The molecule has 3 heterocycles. The summed E-state index contributed by atoms with van der Waals surface area (Å²) >= 11 is 0. The molecule has 0 spiro atoms. The van der Waals surface area contributed by atoms with Crippen LogP contribution in [0.2, 0.25) is 0 Å². The van der Waals surface area contributed by atoms with Crippen LogP contribution in [0.25, 0.3) is 0 Å². The predicted octanol–water partition coefficient (Wildman–Crippen LogP) is 0.162. The number of amides is 1. The Morgan fingerprint density at radius 3 is 2.52 bits per heavy atom. The molecule has 10 heteroatoms. The molecule has 27 heavy (non-hydrogen) atoms. The quantitative estimate of drug-likeness (QED) is 0.799. The van der Waals surface area contributed by atoms with Gasteiger partial charge in [-0.05, 0) is 18.2 Å².